The van der Waals surface area contributed by atoms with Crippen LogP contribution in [0.1, 0.15) is 5.56 Å². The largest absolute Gasteiger partial charge is 0.481 e. The summed E-state index contributed by atoms with van der Waals surface area (Å²) in [5.74, 6) is -1.65. The van der Waals surface area contributed by atoms with Gasteiger partial charge in [-0.1, -0.05) is 28.1 Å². The molecule has 1 N–H and O–H groups in total. The quantitative estimate of drug-likeness (QED) is 0.650. The summed E-state index contributed by atoms with van der Waals surface area (Å²) in [5.41, 5.74) is 2.38. The standard InChI is InChI=1S/C15H11BrF2N2O2/c16-11-5-6-12(17)10(7-11)8-19-20-15(21)9-22-14-4-2-1-3-13(14)18/h1-8H,9H2,(H,20,21)/b19-8-. The van der Waals surface area contributed by atoms with Gasteiger partial charge in [0.05, 0.1) is 6.21 Å². The van der Waals surface area contributed by atoms with E-state index in [0.29, 0.717) is 4.47 Å². The van der Waals surface area contributed by atoms with Gasteiger partial charge in [-0.25, -0.2) is 14.2 Å². The van der Waals surface area contributed by atoms with Crippen molar-refractivity contribution < 1.29 is 18.3 Å². The predicted molar refractivity (Wildman–Crippen MR) is 81.7 cm³/mol. The minimum Gasteiger partial charge on any atom is -0.481 e. The molecule has 0 aromatic heterocycles. The van der Waals surface area contributed by atoms with Gasteiger partial charge in [0.1, 0.15) is 5.82 Å². The fourth-order valence-corrected chi connectivity index (χ4v) is 1.90. The van der Waals surface area contributed by atoms with E-state index in [4.69, 9.17) is 4.74 Å². The number of carbonyl (C=O) groups is 1. The Hall–Kier alpha value is -2.28. The first-order valence-corrected chi connectivity index (χ1v) is 7.00. The van der Waals surface area contributed by atoms with Crippen LogP contribution in [-0.2, 0) is 4.79 Å². The van der Waals surface area contributed by atoms with Gasteiger partial charge >= 0.3 is 0 Å². The smallest absolute Gasteiger partial charge is 0.277 e. The second-order valence-electron chi connectivity index (χ2n) is 4.18. The van der Waals surface area contributed by atoms with Crippen molar-refractivity contribution in [3.63, 3.8) is 0 Å². The van der Waals surface area contributed by atoms with Crippen molar-refractivity contribution in [3.8, 4) is 5.75 Å². The first-order valence-electron chi connectivity index (χ1n) is 6.20. The molecule has 4 nitrogen and oxygen atoms in total. The summed E-state index contributed by atoms with van der Waals surface area (Å²) in [4.78, 5) is 11.5. The highest BCUT2D eigenvalue weighted by Crippen LogP contribution is 2.15. The lowest BCUT2D eigenvalue weighted by atomic mass is 10.2. The molecular weight excluding hydrogens is 358 g/mol. The summed E-state index contributed by atoms with van der Waals surface area (Å²) in [6.45, 7) is -0.404. The Bertz CT molecular complexity index is 708. The maximum Gasteiger partial charge on any atom is 0.277 e. The molecule has 0 aliphatic heterocycles. The number of carbonyl (C=O) groups excluding carboxylic acids is 1. The average Bonchev–Trinajstić information content (AvgIpc) is 2.50. The van der Waals surface area contributed by atoms with Crippen LogP contribution in [0.5, 0.6) is 5.75 Å². The van der Waals surface area contributed by atoms with Gasteiger partial charge in [-0.15, -0.1) is 0 Å². The summed E-state index contributed by atoms with van der Waals surface area (Å²) in [6.07, 6.45) is 1.17. The topological polar surface area (TPSA) is 50.7 Å². The molecule has 0 saturated carbocycles. The number of hydrazone groups is 1. The minimum atomic E-state index is -0.588. The molecule has 0 bridgehead atoms. The van der Waals surface area contributed by atoms with Gasteiger partial charge in [0.25, 0.3) is 5.91 Å². The molecule has 22 heavy (non-hydrogen) atoms. The Kier molecular flexibility index (Phi) is 5.60. The van der Waals surface area contributed by atoms with E-state index in [1.807, 2.05) is 0 Å². The van der Waals surface area contributed by atoms with Gasteiger partial charge in [-0.3, -0.25) is 4.79 Å². The third-order valence-electron chi connectivity index (χ3n) is 2.55. The van der Waals surface area contributed by atoms with Crippen LogP contribution in [0.2, 0.25) is 0 Å². The number of ether oxygens (including phenoxy) is 1. The average molecular weight is 369 g/mol. The molecule has 0 saturated heterocycles. The van der Waals surface area contributed by atoms with E-state index >= 15 is 0 Å². The molecule has 2 aromatic rings. The highest BCUT2D eigenvalue weighted by Gasteiger charge is 2.05. The molecule has 0 radical (unpaired) electrons. The summed E-state index contributed by atoms with van der Waals surface area (Å²) in [7, 11) is 0. The molecule has 114 valence electrons. The molecule has 2 aromatic carbocycles. The molecule has 7 heteroatoms. The van der Waals surface area contributed by atoms with Gasteiger partial charge < -0.3 is 4.74 Å². The van der Waals surface area contributed by atoms with E-state index in [2.05, 4.69) is 26.5 Å². The van der Waals surface area contributed by atoms with Crippen LogP contribution < -0.4 is 10.2 Å². The normalized spacial score (nSPS) is 10.7. The van der Waals surface area contributed by atoms with E-state index in [-0.39, 0.29) is 11.3 Å². The van der Waals surface area contributed by atoms with Gasteiger partial charge in [-0.05, 0) is 30.3 Å². The second kappa shape index (κ2) is 7.65. The van der Waals surface area contributed by atoms with E-state index < -0.39 is 24.1 Å². The highest BCUT2D eigenvalue weighted by molar-refractivity contribution is 9.10. The van der Waals surface area contributed by atoms with Gasteiger partial charge in [0.2, 0.25) is 0 Å². The number of amides is 1. The zero-order valence-corrected chi connectivity index (χ0v) is 12.8. The van der Waals surface area contributed by atoms with Crippen molar-refractivity contribution in [2.75, 3.05) is 6.61 Å². The van der Waals surface area contributed by atoms with Crippen molar-refractivity contribution in [2.45, 2.75) is 0 Å². The lowest BCUT2D eigenvalue weighted by Crippen LogP contribution is -2.24. The monoisotopic (exact) mass is 368 g/mol. The molecule has 0 aliphatic carbocycles. The fraction of sp³-hybridized carbons (Fsp3) is 0.0667. The Morgan fingerprint density at radius 2 is 2.00 bits per heavy atom. The van der Waals surface area contributed by atoms with Crippen LogP contribution in [0.25, 0.3) is 0 Å². The van der Waals surface area contributed by atoms with Crippen molar-refractivity contribution in [1.29, 1.82) is 0 Å². The van der Waals surface area contributed by atoms with Crippen LogP contribution in [0.3, 0.4) is 0 Å². The van der Waals surface area contributed by atoms with E-state index in [1.54, 1.807) is 12.1 Å². The molecule has 2 rings (SSSR count). The molecule has 0 atom stereocenters. The molecule has 0 aliphatic rings. The van der Waals surface area contributed by atoms with Crippen molar-refractivity contribution in [1.82, 2.24) is 5.43 Å². The highest BCUT2D eigenvalue weighted by atomic mass is 79.9. The maximum atomic E-state index is 13.4. The number of rotatable bonds is 5. The van der Waals surface area contributed by atoms with E-state index in [9.17, 15) is 13.6 Å². The summed E-state index contributed by atoms with van der Waals surface area (Å²) < 4.78 is 32.4. The Morgan fingerprint density at radius 1 is 1.23 bits per heavy atom. The number of hydrogen-bond donors (Lipinski definition) is 1. The number of benzene rings is 2. The number of hydrogen-bond acceptors (Lipinski definition) is 3. The minimum absolute atomic E-state index is 0.0281. The molecule has 0 fully saturated rings. The van der Waals surface area contributed by atoms with Crippen LogP contribution in [0.4, 0.5) is 8.78 Å². The number of halogens is 3. The van der Waals surface area contributed by atoms with E-state index in [1.165, 1.54) is 36.5 Å². The zero-order chi connectivity index (χ0) is 15.9. The Labute approximate surface area is 133 Å². The number of nitrogens with zero attached hydrogens (tertiary/aromatic N) is 1. The third-order valence-corrected chi connectivity index (χ3v) is 3.04. The summed E-state index contributed by atoms with van der Waals surface area (Å²) >= 11 is 3.20. The van der Waals surface area contributed by atoms with Crippen molar-refractivity contribution >= 4 is 28.1 Å². The van der Waals surface area contributed by atoms with E-state index in [0.717, 1.165) is 0 Å². The molecule has 0 heterocycles. The Balaban J connectivity index is 1.86. The van der Waals surface area contributed by atoms with Gasteiger partial charge in [-0.2, -0.15) is 5.10 Å². The van der Waals surface area contributed by atoms with Crippen LogP contribution in [-0.4, -0.2) is 18.7 Å². The molecule has 1 amide bonds. The van der Waals surface area contributed by atoms with Crippen LogP contribution >= 0.6 is 15.9 Å². The summed E-state index contributed by atoms with van der Waals surface area (Å²) in [5, 5.41) is 3.62. The summed E-state index contributed by atoms with van der Waals surface area (Å²) in [6, 6.07) is 10.1. The fourth-order valence-electron chi connectivity index (χ4n) is 1.52. The lowest BCUT2D eigenvalue weighted by Gasteiger charge is -2.05. The predicted octanol–water partition coefficient (Wildman–Crippen LogP) is 3.26. The SMILES string of the molecule is O=C(COc1ccccc1F)N/N=C\c1cc(Br)ccc1F. The third kappa shape index (κ3) is 4.63. The molecule has 0 spiro atoms. The Morgan fingerprint density at radius 3 is 2.77 bits per heavy atom. The number of para-hydroxylation sites is 1. The van der Waals surface area contributed by atoms with Gasteiger partial charge in [0.15, 0.2) is 18.2 Å². The molecular formula is C15H11BrF2N2O2. The lowest BCUT2D eigenvalue weighted by molar-refractivity contribution is -0.123. The van der Waals surface area contributed by atoms with Crippen molar-refractivity contribution in [2.24, 2.45) is 5.10 Å². The first kappa shape index (κ1) is 16.1. The second-order valence-corrected chi connectivity index (χ2v) is 5.09. The maximum absolute atomic E-state index is 13.4. The van der Waals surface area contributed by atoms with Crippen molar-refractivity contribution in [3.05, 3.63) is 64.1 Å². The van der Waals surface area contributed by atoms with Crippen LogP contribution in [0, 0.1) is 11.6 Å². The van der Waals surface area contributed by atoms with Crippen LogP contribution in [0.15, 0.2) is 52.0 Å². The first-order chi connectivity index (χ1) is 10.6. The van der Waals surface area contributed by atoms with Gasteiger partial charge in [0, 0.05) is 10.0 Å². The number of nitrogens with one attached hydrogen (secondary N) is 1. The zero-order valence-electron chi connectivity index (χ0n) is 11.2. The molecule has 0 unspecified atom stereocenters.